The number of anilines is 2. The van der Waals surface area contributed by atoms with E-state index < -0.39 is 35.3 Å². The molecule has 16 heteroatoms. The number of alkyl halides is 6. The summed E-state index contributed by atoms with van der Waals surface area (Å²) >= 11 is 0. The number of halogens is 6. The van der Waals surface area contributed by atoms with Crippen LogP contribution in [0.25, 0.3) is 22.3 Å². The van der Waals surface area contributed by atoms with E-state index in [2.05, 4.69) is 30.6 Å². The van der Waals surface area contributed by atoms with Crippen LogP contribution in [0.1, 0.15) is 54.6 Å². The van der Waals surface area contributed by atoms with Gasteiger partial charge in [-0.05, 0) is 103 Å². The van der Waals surface area contributed by atoms with Gasteiger partial charge in [-0.1, -0.05) is 36.4 Å². The van der Waals surface area contributed by atoms with Crippen molar-refractivity contribution in [3.05, 3.63) is 144 Å². The van der Waals surface area contributed by atoms with Gasteiger partial charge in [0.2, 0.25) is 11.8 Å². The Labute approximate surface area is 357 Å². The molecule has 10 nitrogen and oxygen atoms in total. The molecule has 0 unspecified atom stereocenters. The summed E-state index contributed by atoms with van der Waals surface area (Å²) in [4.78, 5) is 42.2. The number of benzene rings is 4. The van der Waals surface area contributed by atoms with Gasteiger partial charge in [0.05, 0.1) is 71.4 Å². The molecule has 2 N–H and O–H groups in total. The zero-order valence-electron chi connectivity index (χ0n) is 34.0. The van der Waals surface area contributed by atoms with Crippen molar-refractivity contribution in [2.24, 2.45) is 9.98 Å². The number of carbonyl (C=O) groups excluding carboxylic acids is 2. The molecule has 6 aromatic rings. The van der Waals surface area contributed by atoms with E-state index in [0.29, 0.717) is 22.6 Å². The number of hydrogen-bond donors (Lipinski definition) is 2. The molecule has 0 fully saturated rings. The van der Waals surface area contributed by atoms with Gasteiger partial charge in [-0.15, -0.1) is 0 Å². The first-order valence-electron chi connectivity index (χ1n) is 19.6. The third kappa shape index (κ3) is 10.4. The number of aromatic nitrogens is 2. The van der Waals surface area contributed by atoms with E-state index in [1.807, 2.05) is 79.7 Å². The summed E-state index contributed by atoms with van der Waals surface area (Å²) in [6, 6.07) is 26.7. The highest BCUT2D eigenvalue weighted by atomic mass is 19.4. The first kappa shape index (κ1) is 43.7. The van der Waals surface area contributed by atoms with Gasteiger partial charge in [-0.2, -0.15) is 26.3 Å². The summed E-state index contributed by atoms with van der Waals surface area (Å²) < 4.78 is 91.2. The van der Waals surface area contributed by atoms with E-state index in [0.717, 1.165) is 40.1 Å². The Morgan fingerprint density at radius 3 is 1.43 bits per heavy atom. The summed E-state index contributed by atoms with van der Waals surface area (Å²) in [5, 5.41) is 5.07. The Morgan fingerprint density at radius 1 is 0.556 bits per heavy atom. The Balaban J connectivity index is 0.000000189. The standard InChI is InChI=1S/C24H20F3N3O2.C23H18F3N3O2/c1-3-32-22-12-21-20(11-18(22)24(25,26)27)30-23(31)13-19(29-21)17-6-4-5-15(10-17)16-7-8-28-14(2)9-16;1-2-31-21-12-20-19(11-17(21)23(24,25)26)29-22(30)13-18(28-20)16-5-3-4-15(10-16)14-6-8-27-9-7-14/h4-12H,3,13H2,1-2H3,(H,30,31);3-12H,2,13H2,1H3,(H,29,30). The molecule has 2 amide bonds. The smallest absolute Gasteiger partial charge is 0.420 e. The van der Waals surface area contributed by atoms with Gasteiger partial charge in [0.15, 0.2) is 0 Å². The van der Waals surface area contributed by atoms with Crippen molar-refractivity contribution in [1.82, 2.24) is 9.97 Å². The maximum Gasteiger partial charge on any atom is 0.420 e. The van der Waals surface area contributed by atoms with E-state index in [-0.39, 0.29) is 60.3 Å². The molecule has 2 aromatic heterocycles. The molecule has 0 saturated carbocycles. The number of ether oxygens (including phenoxy) is 2. The monoisotopic (exact) mass is 864 g/mol. The van der Waals surface area contributed by atoms with Crippen molar-refractivity contribution >= 4 is 46.0 Å². The van der Waals surface area contributed by atoms with Crippen LogP contribution in [-0.4, -0.2) is 46.4 Å². The molecular formula is C47H38F6N6O4. The third-order valence-corrected chi connectivity index (χ3v) is 9.76. The zero-order valence-corrected chi connectivity index (χ0v) is 34.0. The molecule has 2 aliphatic heterocycles. The molecule has 0 saturated heterocycles. The number of amides is 2. The van der Waals surface area contributed by atoms with Gasteiger partial charge < -0.3 is 20.1 Å². The number of hydrogen-bond acceptors (Lipinski definition) is 8. The lowest BCUT2D eigenvalue weighted by Gasteiger charge is -2.16. The summed E-state index contributed by atoms with van der Waals surface area (Å²) in [6.07, 6.45) is -4.30. The van der Waals surface area contributed by atoms with Crippen LogP contribution in [0.3, 0.4) is 0 Å². The lowest BCUT2D eigenvalue weighted by atomic mass is 10.00. The summed E-state index contributed by atoms with van der Waals surface area (Å²) in [7, 11) is 0. The van der Waals surface area contributed by atoms with E-state index in [1.54, 1.807) is 32.4 Å². The molecular weight excluding hydrogens is 827 g/mol. The van der Waals surface area contributed by atoms with E-state index in [4.69, 9.17) is 9.47 Å². The first-order valence-corrected chi connectivity index (χ1v) is 19.6. The average Bonchev–Trinajstić information content (AvgIpc) is 3.52. The van der Waals surface area contributed by atoms with Gasteiger partial charge in [-0.25, -0.2) is 9.98 Å². The molecule has 322 valence electrons. The van der Waals surface area contributed by atoms with Gasteiger partial charge >= 0.3 is 12.4 Å². The van der Waals surface area contributed by atoms with Crippen LogP contribution in [0.4, 0.5) is 49.1 Å². The minimum atomic E-state index is -4.62. The van der Waals surface area contributed by atoms with Crippen LogP contribution in [0.2, 0.25) is 0 Å². The highest BCUT2D eigenvalue weighted by molar-refractivity contribution is 6.18. The molecule has 4 aromatic carbocycles. The summed E-state index contributed by atoms with van der Waals surface area (Å²) in [5.41, 5.74) is 5.46. The number of nitrogens with one attached hydrogen (secondary N) is 2. The first-order chi connectivity index (χ1) is 30.1. The van der Waals surface area contributed by atoms with E-state index in [9.17, 15) is 35.9 Å². The number of aryl methyl sites for hydroxylation is 1. The number of fused-ring (bicyclic) bond motifs is 2. The predicted octanol–water partition coefficient (Wildman–Crippen LogP) is 11.6. The maximum atomic E-state index is 13.5. The number of pyridine rings is 2. The predicted molar refractivity (Wildman–Crippen MR) is 228 cm³/mol. The van der Waals surface area contributed by atoms with Gasteiger partial charge in [-0.3, -0.25) is 19.6 Å². The van der Waals surface area contributed by atoms with Crippen molar-refractivity contribution < 1.29 is 45.4 Å². The Bertz CT molecular complexity index is 2750. The minimum absolute atomic E-state index is 0.000987. The molecule has 0 atom stereocenters. The van der Waals surface area contributed by atoms with Crippen molar-refractivity contribution in [1.29, 1.82) is 0 Å². The topological polar surface area (TPSA) is 127 Å². The minimum Gasteiger partial charge on any atom is -0.493 e. The fourth-order valence-corrected chi connectivity index (χ4v) is 6.94. The second-order valence-electron chi connectivity index (χ2n) is 14.2. The van der Waals surface area contributed by atoms with Crippen molar-refractivity contribution in [2.45, 2.75) is 46.0 Å². The number of nitrogens with zero attached hydrogens (tertiary/aromatic N) is 4. The molecule has 63 heavy (non-hydrogen) atoms. The highest BCUT2D eigenvalue weighted by Gasteiger charge is 2.37. The lowest BCUT2D eigenvalue weighted by molar-refractivity contribution is -0.139. The van der Waals surface area contributed by atoms with Gasteiger partial charge in [0.1, 0.15) is 11.5 Å². The third-order valence-electron chi connectivity index (χ3n) is 9.76. The number of aliphatic imine (C=N–C) groups is 2. The lowest BCUT2D eigenvalue weighted by Crippen LogP contribution is -2.15. The SMILES string of the molecule is CCOc1cc2c(cc1C(F)(F)F)NC(=O)CC(c1cccc(-c3ccnc(C)c3)c1)=N2.CCOc1cc2c(cc1C(F)(F)F)NC(=O)CC(c1cccc(-c3ccncc3)c1)=N2. The molecule has 0 radical (unpaired) electrons. The molecule has 2 aliphatic rings. The van der Waals surface area contributed by atoms with Crippen LogP contribution in [-0.2, 0) is 21.9 Å². The molecule has 0 bridgehead atoms. The fourth-order valence-electron chi connectivity index (χ4n) is 6.94. The van der Waals surface area contributed by atoms with Gasteiger partial charge in [0, 0.05) is 36.4 Å². The molecule has 0 aliphatic carbocycles. The Kier molecular flexibility index (Phi) is 12.7. The molecule has 4 heterocycles. The zero-order chi connectivity index (χ0) is 44.9. The van der Waals surface area contributed by atoms with E-state index in [1.165, 1.54) is 12.1 Å². The second-order valence-corrected chi connectivity index (χ2v) is 14.2. The summed E-state index contributed by atoms with van der Waals surface area (Å²) in [5.74, 6) is -1.52. The fraction of sp³-hybridized carbons (Fsp3) is 0.191. The molecule has 8 rings (SSSR count). The van der Waals surface area contributed by atoms with Gasteiger partial charge in [0.25, 0.3) is 0 Å². The second kappa shape index (κ2) is 18.3. The van der Waals surface area contributed by atoms with Crippen molar-refractivity contribution in [3.63, 3.8) is 0 Å². The highest BCUT2D eigenvalue weighted by Crippen LogP contribution is 2.45. The van der Waals surface area contributed by atoms with Crippen LogP contribution >= 0.6 is 0 Å². The number of rotatable bonds is 8. The van der Waals surface area contributed by atoms with Crippen LogP contribution in [0.5, 0.6) is 11.5 Å². The van der Waals surface area contributed by atoms with Crippen molar-refractivity contribution in [3.8, 4) is 33.8 Å². The largest absolute Gasteiger partial charge is 0.493 e. The molecule has 0 spiro atoms. The van der Waals surface area contributed by atoms with Crippen molar-refractivity contribution in [2.75, 3.05) is 23.8 Å². The normalized spacial score (nSPS) is 13.7. The van der Waals surface area contributed by atoms with Crippen LogP contribution in [0, 0.1) is 6.92 Å². The average molecular weight is 865 g/mol. The maximum absolute atomic E-state index is 13.5. The Morgan fingerprint density at radius 2 is 0.984 bits per heavy atom. The summed E-state index contributed by atoms with van der Waals surface area (Å²) in [6.45, 7) is 5.24. The van der Waals surface area contributed by atoms with Crippen LogP contribution in [0.15, 0.2) is 126 Å². The van der Waals surface area contributed by atoms with E-state index >= 15 is 0 Å². The quantitative estimate of drug-likeness (QED) is 0.147. The van der Waals surface area contributed by atoms with Crippen LogP contribution < -0.4 is 20.1 Å². The number of carbonyl (C=O) groups is 2. The Hall–Kier alpha value is -7.36.